The number of amidine groups is 1. The van der Waals surface area contributed by atoms with Gasteiger partial charge in [0.05, 0.1) is 5.69 Å². The Morgan fingerprint density at radius 2 is 1.96 bits per heavy atom. The Morgan fingerprint density at radius 3 is 2.71 bits per heavy atom. The third-order valence-electron chi connectivity index (χ3n) is 5.92. The first-order valence-corrected chi connectivity index (χ1v) is 9.43. The van der Waals surface area contributed by atoms with Crippen LogP contribution in [0.2, 0.25) is 0 Å². The maximum atomic E-state index is 13.4. The predicted octanol–water partition coefficient (Wildman–Crippen LogP) is 3.62. The first kappa shape index (κ1) is 17.4. The van der Waals surface area contributed by atoms with Crippen molar-refractivity contribution in [2.24, 2.45) is 10.9 Å². The molecule has 1 amide bonds. The Bertz CT molecular complexity index is 1010. The molecule has 2 aromatic rings. The van der Waals surface area contributed by atoms with E-state index in [1.54, 1.807) is 0 Å². The molecule has 0 bridgehead atoms. The van der Waals surface area contributed by atoms with Crippen molar-refractivity contribution >= 4 is 11.7 Å². The molecule has 1 aliphatic heterocycles. The summed E-state index contributed by atoms with van der Waals surface area (Å²) in [4.78, 5) is 21.8. The van der Waals surface area contributed by atoms with E-state index in [1.807, 2.05) is 24.3 Å². The van der Waals surface area contributed by atoms with E-state index in [-0.39, 0.29) is 11.6 Å². The molecule has 144 valence electrons. The average Bonchev–Trinajstić information content (AvgIpc) is 3.42. The molecule has 4 nitrogen and oxygen atoms in total. The minimum absolute atomic E-state index is 0.172. The number of benzene rings is 1. The van der Waals surface area contributed by atoms with E-state index in [2.05, 4.69) is 15.3 Å². The highest BCUT2D eigenvalue weighted by Crippen LogP contribution is 2.47. The first-order chi connectivity index (χ1) is 13.4. The number of nitrogens with zero attached hydrogens (tertiary/aromatic N) is 2. The van der Waals surface area contributed by atoms with Gasteiger partial charge in [0.2, 0.25) is 5.91 Å². The number of hydrogen-bond acceptors (Lipinski definition) is 3. The number of alkyl halides is 3. The van der Waals surface area contributed by atoms with Gasteiger partial charge in [0, 0.05) is 12.1 Å². The lowest BCUT2D eigenvalue weighted by atomic mass is 9.73. The second kappa shape index (κ2) is 5.90. The standard InChI is InChI=1S/C21H18F3N3O/c22-21(23,24)16-8-7-14-17(26-16)20(10-9-13-3-1-2-4-15(13)20)19(28)27-18(14)25-11-12-5-6-12/h1-4,7-8,12H,5-6,9-11H2,(H,25,27,28). The monoisotopic (exact) mass is 385 g/mol. The summed E-state index contributed by atoms with van der Waals surface area (Å²) < 4.78 is 40.2. The van der Waals surface area contributed by atoms with E-state index in [4.69, 9.17) is 0 Å². The minimum atomic E-state index is -4.58. The van der Waals surface area contributed by atoms with Crippen LogP contribution in [0.25, 0.3) is 0 Å². The van der Waals surface area contributed by atoms with Gasteiger partial charge in [-0.15, -0.1) is 0 Å². The van der Waals surface area contributed by atoms with Gasteiger partial charge in [-0.25, -0.2) is 4.98 Å². The summed E-state index contributed by atoms with van der Waals surface area (Å²) in [6.45, 7) is 0.569. The van der Waals surface area contributed by atoms with Crippen molar-refractivity contribution < 1.29 is 18.0 Å². The van der Waals surface area contributed by atoms with Crippen LogP contribution in [0.1, 0.15) is 47.3 Å². The fourth-order valence-electron chi connectivity index (χ4n) is 4.26. The normalized spacial score (nSPS) is 25.0. The molecule has 0 radical (unpaired) electrons. The van der Waals surface area contributed by atoms with Crippen LogP contribution in [-0.4, -0.2) is 23.3 Å². The molecule has 1 saturated carbocycles. The van der Waals surface area contributed by atoms with E-state index in [0.29, 0.717) is 36.7 Å². The Morgan fingerprint density at radius 1 is 1.18 bits per heavy atom. The van der Waals surface area contributed by atoms with Crippen LogP contribution in [0.4, 0.5) is 13.2 Å². The number of aliphatic imine (C=N–C) groups is 1. The van der Waals surface area contributed by atoms with Crippen molar-refractivity contribution in [1.82, 2.24) is 10.3 Å². The zero-order chi connectivity index (χ0) is 19.5. The van der Waals surface area contributed by atoms with E-state index in [0.717, 1.165) is 30.0 Å². The highest BCUT2D eigenvalue weighted by atomic mass is 19.4. The molecule has 0 saturated heterocycles. The third-order valence-corrected chi connectivity index (χ3v) is 5.92. The fourth-order valence-corrected chi connectivity index (χ4v) is 4.26. The maximum Gasteiger partial charge on any atom is 0.433 e. The quantitative estimate of drug-likeness (QED) is 0.859. The zero-order valence-electron chi connectivity index (χ0n) is 15.0. The molecular formula is C21H18F3N3O. The largest absolute Gasteiger partial charge is 0.433 e. The maximum absolute atomic E-state index is 13.4. The molecular weight excluding hydrogens is 367 g/mol. The van der Waals surface area contributed by atoms with Crippen LogP contribution in [0.15, 0.2) is 41.4 Å². The molecule has 1 unspecified atom stereocenters. The summed E-state index contributed by atoms with van der Waals surface area (Å²) in [5.41, 5.74) is 0.191. The molecule has 1 atom stereocenters. The number of carbonyl (C=O) groups is 1. The Labute approximate surface area is 159 Å². The lowest BCUT2D eigenvalue weighted by Gasteiger charge is -2.35. The summed E-state index contributed by atoms with van der Waals surface area (Å²) in [5.74, 6) is 0.493. The number of hydrogen-bond donors (Lipinski definition) is 1. The van der Waals surface area contributed by atoms with Gasteiger partial charge in [0.25, 0.3) is 0 Å². The van der Waals surface area contributed by atoms with Gasteiger partial charge in [-0.3, -0.25) is 9.79 Å². The van der Waals surface area contributed by atoms with Crippen molar-refractivity contribution in [3.63, 3.8) is 0 Å². The van der Waals surface area contributed by atoms with Gasteiger partial charge in [0.1, 0.15) is 16.9 Å². The summed E-state index contributed by atoms with van der Waals surface area (Å²) in [7, 11) is 0. The number of pyridine rings is 1. The van der Waals surface area contributed by atoms with Crippen molar-refractivity contribution in [2.45, 2.75) is 37.3 Å². The molecule has 28 heavy (non-hydrogen) atoms. The van der Waals surface area contributed by atoms with Crippen molar-refractivity contribution in [3.05, 3.63) is 64.5 Å². The number of aryl methyl sites for hydroxylation is 1. The Hall–Kier alpha value is -2.70. The number of halogens is 3. The van der Waals surface area contributed by atoms with E-state index >= 15 is 0 Å². The first-order valence-electron chi connectivity index (χ1n) is 9.43. The van der Waals surface area contributed by atoms with Gasteiger partial charge in [0.15, 0.2) is 0 Å². The Balaban J connectivity index is 1.73. The van der Waals surface area contributed by atoms with Gasteiger partial charge in [-0.05, 0) is 54.9 Å². The van der Waals surface area contributed by atoms with Gasteiger partial charge < -0.3 is 5.32 Å². The van der Waals surface area contributed by atoms with E-state index in [1.165, 1.54) is 6.07 Å². The van der Waals surface area contributed by atoms with Crippen LogP contribution in [0.3, 0.4) is 0 Å². The summed E-state index contributed by atoms with van der Waals surface area (Å²) >= 11 is 0. The van der Waals surface area contributed by atoms with Crippen LogP contribution in [0.5, 0.6) is 0 Å². The average molecular weight is 385 g/mol. The van der Waals surface area contributed by atoms with Gasteiger partial charge >= 0.3 is 6.18 Å². The number of amides is 1. The molecule has 1 spiro atoms. The molecule has 3 aliphatic rings. The zero-order valence-corrected chi connectivity index (χ0v) is 15.0. The second-order valence-corrected chi connectivity index (χ2v) is 7.74. The highest BCUT2D eigenvalue weighted by molar-refractivity contribution is 6.16. The number of nitrogens with one attached hydrogen (secondary N) is 1. The molecule has 1 fully saturated rings. The molecule has 5 rings (SSSR count). The number of rotatable bonds is 2. The molecule has 2 aliphatic carbocycles. The molecule has 1 aromatic carbocycles. The number of aromatic nitrogens is 1. The van der Waals surface area contributed by atoms with Gasteiger partial charge in [-0.2, -0.15) is 13.2 Å². The topological polar surface area (TPSA) is 54.4 Å². The van der Waals surface area contributed by atoms with Gasteiger partial charge in [-0.1, -0.05) is 24.3 Å². The smallest absolute Gasteiger partial charge is 0.309 e. The lowest BCUT2D eigenvalue weighted by Crippen LogP contribution is -2.53. The minimum Gasteiger partial charge on any atom is -0.309 e. The van der Waals surface area contributed by atoms with Crippen molar-refractivity contribution in [1.29, 1.82) is 0 Å². The number of fused-ring (bicyclic) bond motifs is 4. The van der Waals surface area contributed by atoms with Crippen molar-refractivity contribution in [2.75, 3.05) is 6.54 Å². The predicted molar refractivity (Wildman–Crippen MR) is 97.1 cm³/mol. The lowest BCUT2D eigenvalue weighted by molar-refractivity contribution is -0.141. The van der Waals surface area contributed by atoms with Crippen LogP contribution < -0.4 is 5.32 Å². The second-order valence-electron chi connectivity index (χ2n) is 7.74. The van der Waals surface area contributed by atoms with E-state index < -0.39 is 17.3 Å². The third kappa shape index (κ3) is 2.56. The van der Waals surface area contributed by atoms with Crippen LogP contribution in [-0.2, 0) is 22.8 Å². The molecule has 7 heteroatoms. The SMILES string of the molecule is O=C1NC(=NCC2CC2)c2ccc(C(F)(F)F)nc2C12CCc1ccccc12. The Kier molecular flexibility index (Phi) is 3.66. The van der Waals surface area contributed by atoms with Crippen LogP contribution in [0, 0.1) is 5.92 Å². The molecule has 1 N–H and O–H groups in total. The fraction of sp³-hybridized carbons (Fsp3) is 0.381. The van der Waals surface area contributed by atoms with Crippen LogP contribution >= 0.6 is 0 Å². The van der Waals surface area contributed by atoms with Crippen molar-refractivity contribution in [3.8, 4) is 0 Å². The molecule has 1 aromatic heterocycles. The summed E-state index contributed by atoms with van der Waals surface area (Å²) in [5, 5.41) is 2.88. The molecule has 2 heterocycles. The summed E-state index contributed by atoms with van der Waals surface area (Å²) in [6.07, 6.45) is -1.36. The summed E-state index contributed by atoms with van der Waals surface area (Å²) in [6, 6.07) is 9.79. The highest BCUT2D eigenvalue weighted by Gasteiger charge is 2.53. The number of carbonyl (C=O) groups excluding carboxylic acids is 1. The van der Waals surface area contributed by atoms with E-state index in [9.17, 15) is 18.0 Å².